The maximum Gasteiger partial charge on any atom is 0.242 e. The zero-order valence-corrected chi connectivity index (χ0v) is 17.9. The van der Waals surface area contributed by atoms with Crippen molar-refractivity contribution in [3.8, 4) is 0 Å². The van der Waals surface area contributed by atoms with Crippen LogP contribution in [-0.2, 0) is 27.8 Å². The van der Waals surface area contributed by atoms with Gasteiger partial charge in [0.15, 0.2) is 0 Å². The summed E-state index contributed by atoms with van der Waals surface area (Å²) in [5.41, 5.74) is 3.24. The first-order valence-electron chi connectivity index (χ1n) is 10.1. The number of rotatable bonds is 8. The van der Waals surface area contributed by atoms with Crippen LogP contribution >= 0.6 is 0 Å². The van der Waals surface area contributed by atoms with Crippen LogP contribution in [0.1, 0.15) is 30.9 Å². The highest BCUT2D eigenvalue weighted by molar-refractivity contribution is 7.89. The molecule has 7 heteroatoms. The summed E-state index contributed by atoms with van der Waals surface area (Å²) in [7, 11) is -1.87. The predicted molar refractivity (Wildman–Crippen MR) is 115 cm³/mol. The Morgan fingerprint density at radius 1 is 1.10 bits per heavy atom. The van der Waals surface area contributed by atoms with Crippen molar-refractivity contribution in [2.45, 2.75) is 37.6 Å². The van der Waals surface area contributed by atoms with Gasteiger partial charge in [0.25, 0.3) is 0 Å². The molecule has 0 atom stereocenters. The molecular formula is C22H29N3O3S. The summed E-state index contributed by atoms with van der Waals surface area (Å²) in [5, 5.41) is 3.11. The Hall–Kier alpha value is -2.38. The molecule has 0 bridgehead atoms. The topological polar surface area (TPSA) is 69.7 Å². The predicted octanol–water partition coefficient (Wildman–Crippen LogP) is 3.10. The number of anilines is 1. The SMILES string of the molecule is CCCCN(C)S(=O)(=O)c1ccc(NCC(=O)N2CCc3ccccc3C2)cc1. The molecule has 0 fully saturated rings. The summed E-state index contributed by atoms with van der Waals surface area (Å²) in [6, 6.07) is 14.8. The molecule has 29 heavy (non-hydrogen) atoms. The highest BCUT2D eigenvalue weighted by Crippen LogP contribution is 2.20. The van der Waals surface area contributed by atoms with E-state index in [2.05, 4.69) is 17.4 Å². The number of carbonyl (C=O) groups is 1. The van der Waals surface area contributed by atoms with Gasteiger partial charge in [-0.15, -0.1) is 0 Å². The van der Waals surface area contributed by atoms with Crippen molar-refractivity contribution < 1.29 is 13.2 Å². The van der Waals surface area contributed by atoms with E-state index in [4.69, 9.17) is 0 Å². The fraction of sp³-hybridized carbons (Fsp3) is 0.409. The average Bonchev–Trinajstić information content (AvgIpc) is 2.75. The quantitative estimate of drug-likeness (QED) is 0.719. The maximum absolute atomic E-state index is 12.6. The van der Waals surface area contributed by atoms with Crippen molar-refractivity contribution in [2.75, 3.05) is 32.0 Å². The molecule has 6 nitrogen and oxygen atoms in total. The fourth-order valence-electron chi connectivity index (χ4n) is 3.42. The molecule has 1 amide bonds. The minimum absolute atomic E-state index is 0.0375. The second-order valence-electron chi connectivity index (χ2n) is 7.39. The third kappa shape index (κ3) is 5.16. The lowest BCUT2D eigenvalue weighted by atomic mass is 10.00. The van der Waals surface area contributed by atoms with Crippen molar-refractivity contribution in [3.05, 3.63) is 59.7 Å². The van der Waals surface area contributed by atoms with Crippen molar-refractivity contribution in [3.63, 3.8) is 0 Å². The van der Waals surface area contributed by atoms with Crippen molar-refractivity contribution in [1.29, 1.82) is 0 Å². The Kier molecular flexibility index (Phi) is 6.92. The largest absolute Gasteiger partial charge is 0.376 e. The van der Waals surface area contributed by atoms with E-state index in [1.165, 1.54) is 15.4 Å². The Labute approximate surface area is 173 Å². The number of hydrogen-bond donors (Lipinski definition) is 1. The molecule has 1 heterocycles. The van der Waals surface area contributed by atoms with E-state index in [0.29, 0.717) is 13.1 Å². The third-order valence-corrected chi connectivity index (χ3v) is 7.19. The molecule has 1 aliphatic rings. The number of unbranched alkanes of at least 4 members (excludes halogenated alkanes) is 1. The summed E-state index contributed by atoms with van der Waals surface area (Å²) in [4.78, 5) is 14.7. The number of sulfonamides is 1. The zero-order chi connectivity index (χ0) is 20.9. The Bertz CT molecular complexity index is 942. The number of benzene rings is 2. The molecule has 156 valence electrons. The van der Waals surface area contributed by atoms with E-state index in [0.717, 1.165) is 31.5 Å². The van der Waals surface area contributed by atoms with Crippen molar-refractivity contribution in [2.24, 2.45) is 0 Å². The minimum Gasteiger partial charge on any atom is -0.376 e. The third-order valence-electron chi connectivity index (χ3n) is 5.32. The van der Waals surface area contributed by atoms with Gasteiger partial charge < -0.3 is 10.2 Å². The van der Waals surface area contributed by atoms with Crippen molar-refractivity contribution in [1.82, 2.24) is 9.21 Å². The number of nitrogens with one attached hydrogen (secondary N) is 1. The molecule has 1 aliphatic heterocycles. The van der Waals surface area contributed by atoms with Gasteiger partial charge >= 0.3 is 0 Å². The van der Waals surface area contributed by atoms with Gasteiger partial charge in [0.05, 0.1) is 11.4 Å². The molecule has 0 saturated heterocycles. The van der Waals surface area contributed by atoms with Crippen LogP contribution in [0.25, 0.3) is 0 Å². The van der Waals surface area contributed by atoms with E-state index >= 15 is 0 Å². The minimum atomic E-state index is -3.47. The van der Waals surface area contributed by atoms with Gasteiger partial charge in [0, 0.05) is 32.4 Å². The first-order valence-corrected chi connectivity index (χ1v) is 11.5. The van der Waals surface area contributed by atoms with Crippen molar-refractivity contribution >= 4 is 21.6 Å². The van der Waals surface area contributed by atoms with E-state index < -0.39 is 10.0 Å². The van der Waals surface area contributed by atoms with Gasteiger partial charge in [-0.05, 0) is 48.2 Å². The molecule has 1 N–H and O–H groups in total. The number of nitrogens with zero attached hydrogens (tertiary/aromatic N) is 2. The molecule has 0 aromatic heterocycles. The second-order valence-corrected chi connectivity index (χ2v) is 9.44. The Balaban J connectivity index is 1.56. The van der Waals surface area contributed by atoms with E-state index in [-0.39, 0.29) is 17.3 Å². The first kappa shape index (κ1) is 21.3. The Morgan fingerprint density at radius 2 is 1.79 bits per heavy atom. The summed E-state index contributed by atoms with van der Waals surface area (Å²) in [6.45, 7) is 4.08. The highest BCUT2D eigenvalue weighted by atomic mass is 32.2. The van der Waals surface area contributed by atoms with Gasteiger partial charge in [-0.25, -0.2) is 12.7 Å². The highest BCUT2D eigenvalue weighted by Gasteiger charge is 2.21. The first-order chi connectivity index (χ1) is 13.9. The monoisotopic (exact) mass is 415 g/mol. The molecule has 0 radical (unpaired) electrons. The molecule has 3 rings (SSSR count). The maximum atomic E-state index is 12.6. The van der Waals surface area contributed by atoms with Crippen LogP contribution in [0.4, 0.5) is 5.69 Å². The van der Waals surface area contributed by atoms with Crippen LogP contribution in [0.3, 0.4) is 0 Å². The molecule has 0 aliphatic carbocycles. The summed E-state index contributed by atoms with van der Waals surface area (Å²) in [5.74, 6) is 0.0375. The molecule has 2 aromatic rings. The number of amides is 1. The lowest BCUT2D eigenvalue weighted by Gasteiger charge is -2.29. The lowest BCUT2D eigenvalue weighted by Crippen LogP contribution is -2.39. The van der Waals surface area contributed by atoms with Gasteiger partial charge in [-0.1, -0.05) is 37.6 Å². The molecule has 0 spiro atoms. The van der Waals surface area contributed by atoms with Crippen LogP contribution in [0.2, 0.25) is 0 Å². The molecule has 0 saturated carbocycles. The molecule has 2 aromatic carbocycles. The van der Waals surface area contributed by atoms with Crippen LogP contribution in [-0.4, -0.2) is 50.2 Å². The van der Waals surface area contributed by atoms with Gasteiger partial charge in [0.2, 0.25) is 15.9 Å². The summed E-state index contributed by atoms with van der Waals surface area (Å²) >= 11 is 0. The van der Waals surface area contributed by atoms with E-state index in [9.17, 15) is 13.2 Å². The van der Waals surface area contributed by atoms with Crippen LogP contribution in [0.15, 0.2) is 53.4 Å². The van der Waals surface area contributed by atoms with Crippen LogP contribution in [0.5, 0.6) is 0 Å². The van der Waals surface area contributed by atoms with Gasteiger partial charge in [-0.3, -0.25) is 4.79 Å². The standard InChI is InChI=1S/C22H29N3O3S/c1-3-4-14-24(2)29(27,28)21-11-9-20(10-12-21)23-16-22(26)25-15-13-18-7-5-6-8-19(18)17-25/h5-12,23H,3-4,13-17H2,1-2H3. The lowest BCUT2D eigenvalue weighted by molar-refractivity contribution is -0.130. The number of fused-ring (bicyclic) bond motifs is 1. The molecule has 0 unspecified atom stereocenters. The molecular weight excluding hydrogens is 386 g/mol. The van der Waals surface area contributed by atoms with Gasteiger partial charge in [0.1, 0.15) is 0 Å². The smallest absolute Gasteiger partial charge is 0.242 e. The van der Waals surface area contributed by atoms with Crippen LogP contribution < -0.4 is 5.32 Å². The number of hydrogen-bond acceptors (Lipinski definition) is 4. The fourth-order valence-corrected chi connectivity index (χ4v) is 4.63. The van der Waals surface area contributed by atoms with E-state index in [1.54, 1.807) is 31.3 Å². The Morgan fingerprint density at radius 3 is 2.48 bits per heavy atom. The normalized spacial score (nSPS) is 14.0. The summed E-state index contributed by atoms with van der Waals surface area (Å²) in [6.07, 6.45) is 2.65. The summed E-state index contributed by atoms with van der Waals surface area (Å²) < 4.78 is 26.5. The van der Waals surface area contributed by atoms with Crippen LogP contribution in [0, 0.1) is 0 Å². The van der Waals surface area contributed by atoms with Gasteiger partial charge in [-0.2, -0.15) is 0 Å². The average molecular weight is 416 g/mol. The van der Waals surface area contributed by atoms with E-state index in [1.807, 2.05) is 24.0 Å². The number of carbonyl (C=O) groups excluding carboxylic acids is 1. The second kappa shape index (κ2) is 9.41. The zero-order valence-electron chi connectivity index (χ0n) is 17.1.